The number of pyridine rings is 1. The summed E-state index contributed by atoms with van der Waals surface area (Å²) in [6, 6.07) is 3.06. The third-order valence-electron chi connectivity index (χ3n) is 3.54. The maximum Gasteiger partial charge on any atom is 0.177 e. The van der Waals surface area contributed by atoms with Crippen LogP contribution >= 0.6 is 0 Å². The monoisotopic (exact) mass is 324 g/mol. The fourth-order valence-electron chi connectivity index (χ4n) is 2.28. The Morgan fingerprint density at radius 1 is 1.36 bits per heavy atom. The van der Waals surface area contributed by atoms with Gasteiger partial charge in [-0.1, -0.05) is 0 Å². The smallest absolute Gasteiger partial charge is 0.177 e. The summed E-state index contributed by atoms with van der Waals surface area (Å²) >= 11 is 0. The lowest BCUT2D eigenvalue weighted by Gasteiger charge is -2.13. The molecule has 0 bridgehead atoms. The molecule has 1 unspecified atom stereocenters. The van der Waals surface area contributed by atoms with Gasteiger partial charge in [0, 0.05) is 37.3 Å². The second-order valence-electron chi connectivity index (χ2n) is 5.26. The van der Waals surface area contributed by atoms with E-state index < -0.39 is 15.9 Å². The van der Waals surface area contributed by atoms with E-state index in [2.05, 4.69) is 15.4 Å². The molecular weight excluding hydrogens is 304 g/mol. The van der Waals surface area contributed by atoms with Gasteiger partial charge in [0.25, 0.3) is 0 Å². The van der Waals surface area contributed by atoms with Gasteiger partial charge in [0.15, 0.2) is 9.84 Å². The topological polar surface area (TPSA) is 97.1 Å². The number of rotatable bonds is 5. The maximum absolute atomic E-state index is 11.4. The van der Waals surface area contributed by atoms with Gasteiger partial charge in [-0.2, -0.15) is 5.10 Å². The number of sulfone groups is 1. The maximum atomic E-state index is 11.4. The van der Waals surface area contributed by atoms with Crippen LogP contribution in [-0.4, -0.2) is 41.1 Å². The average molecular weight is 324 g/mol. The Morgan fingerprint density at radius 2 is 2.05 bits per heavy atom. The number of anilines is 1. The molecule has 0 spiro atoms. The molecule has 2 rings (SSSR count). The molecule has 0 aliphatic carbocycles. The van der Waals surface area contributed by atoms with Crippen molar-refractivity contribution in [1.82, 2.24) is 14.8 Å². The Kier molecular flexibility index (Phi) is 4.52. The molecule has 7 nitrogen and oxygen atoms in total. The van der Waals surface area contributed by atoms with Crippen LogP contribution < -0.4 is 5.32 Å². The first-order chi connectivity index (χ1) is 10.2. The molecule has 0 saturated carbocycles. The quantitative estimate of drug-likeness (QED) is 0.851. The van der Waals surface area contributed by atoms with Crippen LogP contribution in [0.15, 0.2) is 23.2 Å². The number of aliphatic hydroxyl groups excluding tert-OH is 1. The van der Waals surface area contributed by atoms with Crippen molar-refractivity contribution in [3.8, 4) is 0 Å². The van der Waals surface area contributed by atoms with Crippen molar-refractivity contribution in [2.75, 3.05) is 18.1 Å². The van der Waals surface area contributed by atoms with Crippen LogP contribution in [-0.2, 0) is 16.9 Å². The predicted molar refractivity (Wildman–Crippen MR) is 83.5 cm³/mol. The van der Waals surface area contributed by atoms with E-state index in [-0.39, 0.29) is 11.4 Å². The van der Waals surface area contributed by atoms with Crippen molar-refractivity contribution >= 4 is 15.7 Å². The first-order valence-electron chi connectivity index (χ1n) is 6.78. The number of hydrogen-bond donors (Lipinski definition) is 2. The van der Waals surface area contributed by atoms with Gasteiger partial charge in [0.1, 0.15) is 5.82 Å². The largest absolute Gasteiger partial charge is 0.386 e. The lowest BCUT2D eigenvalue weighted by atomic mass is 10.1. The molecule has 0 aromatic carbocycles. The van der Waals surface area contributed by atoms with E-state index in [1.807, 2.05) is 20.9 Å². The van der Waals surface area contributed by atoms with Crippen LogP contribution in [0.2, 0.25) is 0 Å². The summed E-state index contributed by atoms with van der Waals surface area (Å²) < 4.78 is 24.5. The van der Waals surface area contributed by atoms with Gasteiger partial charge in [-0.15, -0.1) is 0 Å². The van der Waals surface area contributed by atoms with E-state index in [9.17, 15) is 13.5 Å². The molecule has 2 aromatic rings. The molecule has 0 amide bonds. The molecule has 0 saturated heterocycles. The lowest BCUT2D eigenvalue weighted by Crippen LogP contribution is -2.14. The fourth-order valence-corrected chi connectivity index (χ4v) is 2.84. The minimum Gasteiger partial charge on any atom is -0.386 e. The lowest BCUT2D eigenvalue weighted by molar-refractivity contribution is 0.190. The van der Waals surface area contributed by atoms with Crippen molar-refractivity contribution in [3.05, 3.63) is 35.3 Å². The third-order valence-corrected chi connectivity index (χ3v) is 4.64. The van der Waals surface area contributed by atoms with Crippen LogP contribution in [0, 0.1) is 13.8 Å². The standard InChI is InChI=1S/C14H20N4O3S/c1-9-14(10(2)18(3)17-9)12(19)8-16-13-6-5-11(7-15-13)22(4,20)21/h5-7,12,19H,8H2,1-4H3,(H,15,16). The van der Waals surface area contributed by atoms with Crippen LogP contribution in [0.5, 0.6) is 0 Å². The summed E-state index contributed by atoms with van der Waals surface area (Å²) in [5.74, 6) is 0.505. The van der Waals surface area contributed by atoms with E-state index in [4.69, 9.17) is 0 Å². The van der Waals surface area contributed by atoms with Crippen LogP contribution in [0.3, 0.4) is 0 Å². The molecule has 0 radical (unpaired) electrons. The van der Waals surface area contributed by atoms with Gasteiger partial charge < -0.3 is 10.4 Å². The highest BCUT2D eigenvalue weighted by Gasteiger charge is 2.18. The Labute approximate surface area is 129 Å². The SMILES string of the molecule is Cc1nn(C)c(C)c1C(O)CNc1ccc(S(C)(=O)=O)cn1. The molecule has 1 atom stereocenters. The molecular formula is C14H20N4O3S. The van der Waals surface area contributed by atoms with Crippen molar-refractivity contribution in [2.45, 2.75) is 24.8 Å². The van der Waals surface area contributed by atoms with Gasteiger partial charge in [-0.3, -0.25) is 4.68 Å². The number of aryl methyl sites for hydroxylation is 2. The first kappa shape index (κ1) is 16.4. The summed E-state index contributed by atoms with van der Waals surface area (Å²) in [6.07, 6.45) is 1.71. The molecule has 22 heavy (non-hydrogen) atoms. The van der Waals surface area contributed by atoms with Gasteiger partial charge in [-0.25, -0.2) is 13.4 Å². The minimum absolute atomic E-state index is 0.164. The third kappa shape index (κ3) is 3.45. The van der Waals surface area contributed by atoms with E-state index in [1.165, 1.54) is 12.3 Å². The van der Waals surface area contributed by atoms with Crippen LogP contribution in [0.1, 0.15) is 23.1 Å². The van der Waals surface area contributed by atoms with Crippen molar-refractivity contribution in [1.29, 1.82) is 0 Å². The second kappa shape index (κ2) is 6.05. The first-order valence-corrected chi connectivity index (χ1v) is 8.67. The number of hydrogen-bond acceptors (Lipinski definition) is 6. The summed E-state index contributed by atoms with van der Waals surface area (Å²) in [6.45, 7) is 4.01. The number of aromatic nitrogens is 3. The highest BCUT2D eigenvalue weighted by molar-refractivity contribution is 7.90. The van der Waals surface area contributed by atoms with Gasteiger partial charge >= 0.3 is 0 Å². The van der Waals surface area contributed by atoms with E-state index in [1.54, 1.807) is 10.7 Å². The molecule has 8 heteroatoms. The summed E-state index contributed by atoms with van der Waals surface area (Å²) in [4.78, 5) is 4.20. The Morgan fingerprint density at radius 3 is 2.50 bits per heavy atom. The van der Waals surface area contributed by atoms with E-state index in [0.29, 0.717) is 5.82 Å². The van der Waals surface area contributed by atoms with Gasteiger partial charge in [0.05, 0.1) is 16.7 Å². The molecule has 0 aliphatic rings. The fraction of sp³-hybridized carbons (Fsp3) is 0.429. The molecule has 120 valence electrons. The van der Waals surface area contributed by atoms with Gasteiger partial charge in [0.2, 0.25) is 0 Å². The highest BCUT2D eigenvalue weighted by atomic mass is 32.2. The molecule has 2 heterocycles. The number of nitrogens with one attached hydrogen (secondary N) is 1. The highest BCUT2D eigenvalue weighted by Crippen LogP contribution is 2.21. The Bertz CT molecular complexity index is 766. The summed E-state index contributed by atoms with van der Waals surface area (Å²) in [5, 5.41) is 17.6. The Hall–Kier alpha value is -1.93. The van der Waals surface area contributed by atoms with E-state index in [0.717, 1.165) is 23.2 Å². The zero-order valence-corrected chi connectivity index (χ0v) is 13.8. The predicted octanol–water partition coefficient (Wildman–Crippen LogP) is 0.981. The number of aliphatic hydroxyl groups is 1. The van der Waals surface area contributed by atoms with E-state index >= 15 is 0 Å². The normalized spacial score (nSPS) is 13.1. The number of nitrogens with zero attached hydrogens (tertiary/aromatic N) is 3. The summed E-state index contributed by atoms with van der Waals surface area (Å²) in [5.41, 5.74) is 2.49. The average Bonchev–Trinajstić information content (AvgIpc) is 2.69. The van der Waals surface area contributed by atoms with Crippen LogP contribution in [0.4, 0.5) is 5.82 Å². The summed E-state index contributed by atoms with van der Waals surface area (Å²) in [7, 11) is -1.42. The Balaban J connectivity index is 2.07. The van der Waals surface area contributed by atoms with Gasteiger partial charge in [-0.05, 0) is 26.0 Å². The molecule has 2 aromatic heterocycles. The zero-order valence-electron chi connectivity index (χ0n) is 13.0. The van der Waals surface area contributed by atoms with Crippen molar-refractivity contribution < 1.29 is 13.5 Å². The van der Waals surface area contributed by atoms with Crippen molar-refractivity contribution in [2.24, 2.45) is 7.05 Å². The molecule has 0 fully saturated rings. The van der Waals surface area contributed by atoms with Crippen LogP contribution in [0.25, 0.3) is 0 Å². The second-order valence-corrected chi connectivity index (χ2v) is 7.27. The zero-order chi connectivity index (χ0) is 16.5. The minimum atomic E-state index is -3.25. The molecule has 2 N–H and O–H groups in total. The van der Waals surface area contributed by atoms with Crippen molar-refractivity contribution in [3.63, 3.8) is 0 Å². The molecule has 0 aliphatic heterocycles.